The van der Waals surface area contributed by atoms with Crippen molar-refractivity contribution in [3.05, 3.63) is 28.6 Å². The lowest BCUT2D eigenvalue weighted by atomic mass is 10.0. The van der Waals surface area contributed by atoms with Gasteiger partial charge in [-0.2, -0.15) is 4.99 Å². The molecule has 1 saturated carbocycles. The van der Waals surface area contributed by atoms with Crippen molar-refractivity contribution in [1.29, 1.82) is 0 Å². The second kappa shape index (κ2) is 6.50. The fraction of sp³-hybridized carbons (Fsp3) is 0.444. The van der Waals surface area contributed by atoms with Crippen LogP contribution in [-0.4, -0.2) is 10.5 Å². The first kappa shape index (κ1) is 15.1. The van der Waals surface area contributed by atoms with Gasteiger partial charge >= 0.3 is 0 Å². The van der Waals surface area contributed by atoms with E-state index in [4.69, 9.17) is 6.42 Å². The van der Waals surface area contributed by atoms with Crippen molar-refractivity contribution < 1.29 is 4.79 Å². The van der Waals surface area contributed by atoms with E-state index in [9.17, 15) is 4.79 Å². The molecule has 0 bridgehead atoms. The minimum Gasteiger partial charge on any atom is -0.305 e. The number of hydrogen-bond donors (Lipinski definition) is 0. The Kier molecular flexibility index (Phi) is 4.44. The van der Waals surface area contributed by atoms with Gasteiger partial charge < -0.3 is 4.57 Å². The summed E-state index contributed by atoms with van der Waals surface area (Å²) in [4.78, 5) is 17.3. The number of nitrogens with zero attached hydrogens (tertiary/aromatic N) is 2. The molecule has 0 radical (unpaired) electrons. The van der Waals surface area contributed by atoms with Crippen LogP contribution < -0.4 is 4.80 Å². The van der Waals surface area contributed by atoms with Crippen molar-refractivity contribution in [2.75, 3.05) is 0 Å². The van der Waals surface area contributed by atoms with E-state index in [0.717, 1.165) is 27.9 Å². The highest BCUT2D eigenvalue weighted by molar-refractivity contribution is 7.16. The molecule has 0 atom stereocenters. The van der Waals surface area contributed by atoms with Gasteiger partial charge in [-0.1, -0.05) is 36.2 Å². The Bertz CT molecular complexity index is 801. The number of rotatable bonds is 3. The van der Waals surface area contributed by atoms with Crippen molar-refractivity contribution in [2.45, 2.75) is 45.6 Å². The third kappa shape index (κ3) is 3.15. The molecule has 0 unspecified atom stereocenters. The quantitative estimate of drug-likeness (QED) is 0.797. The number of aryl methyl sites for hydroxylation is 1. The van der Waals surface area contributed by atoms with E-state index in [1.165, 1.54) is 18.4 Å². The van der Waals surface area contributed by atoms with Gasteiger partial charge in [-0.15, -0.1) is 6.42 Å². The Morgan fingerprint density at radius 2 is 2.23 bits per heavy atom. The molecule has 0 spiro atoms. The lowest BCUT2D eigenvalue weighted by Gasteiger charge is -2.04. The van der Waals surface area contributed by atoms with Gasteiger partial charge in [0.1, 0.15) is 0 Å². The zero-order valence-electron chi connectivity index (χ0n) is 12.8. The number of amides is 1. The number of benzene rings is 1. The van der Waals surface area contributed by atoms with Crippen molar-refractivity contribution in [3.63, 3.8) is 0 Å². The number of terminal acetylenes is 1. The molecule has 0 N–H and O–H groups in total. The van der Waals surface area contributed by atoms with E-state index < -0.39 is 0 Å². The van der Waals surface area contributed by atoms with Crippen LogP contribution in [0.3, 0.4) is 0 Å². The standard InChI is InChI=1S/C18H20N2OS/c1-3-10-20-15-9-8-13(2)11-16(15)22-18(20)19-17(21)12-14-6-4-5-7-14/h1,8-9,11,14H,4-7,10,12H2,2H3. The molecule has 22 heavy (non-hydrogen) atoms. The summed E-state index contributed by atoms with van der Waals surface area (Å²) in [7, 11) is 0. The lowest BCUT2D eigenvalue weighted by molar-refractivity contribution is -0.118. The third-order valence-electron chi connectivity index (χ3n) is 4.25. The van der Waals surface area contributed by atoms with Crippen LogP contribution in [0.4, 0.5) is 0 Å². The molecule has 3 rings (SSSR count). The van der Waals surface area contributed by atoms with Gasteiger partial charge in [-0.3, -0.25) is 4.79 Å². The summed E-state index contributed by atoms with van der Waals surface area (Å²) in [5, 5.41) is 0. The molecule has 1 aromatic heterocycles. The second-order valence-electron chi connectivity index (χ2n) is 6.01. The molecule has 1 amide bonds. The maximum atomic E-state index is 12.2. The average Bonchev–Trinajstić information content (AvgIpc) is 3.08. The van der Waals surface area contributed by atoms with Crippen molar-refractivity contribution in [3.8, 4) is 12.3 Å². The molecule has 1 fully saturated rings. The smallest absolute Gasteiger partial charge is 0.248 e. The fourth-order valence-electron chi connectivity index (χ4n) is 3.12. The van der Waals surface area contributed by atoms with Crippen LogP contribution in [0.5, 0.6) is 0 Å². The molecule has 1 aliphatic carbocycles. The van der Waals surface area contributed by atoms with E-state index >= 15 is 0 Å². The SMILES string of the molecule is C#CCn1c(=NC(=O)CC2CCCC2)sc2cc(C)ccc21. The molecule has 1 aliphatic rings. The van der Waals surface area contributed by atoms with Crippen LogP contribution in [0.1, 0.15) is 37.7 Å². The minimum absolute atomic E-state index is 0.0130. The highest BCUT2D eigenvalue weighted by Crippen LogP contribution is 2.27. The third-order valence-corrected chi connectivity index (χ3v) is 5.29. The number of thiazole rings is 1. The number of carbonyl (C=O) groups is 1. The van der Waals surface area contributed by atoms with Gasteiger partial charge in [-0.05, 0) is 43.4 Å². The molecule has 3 nitrogen and oxygen atoms in total. The molecular weight excluding hydrogens is 292 g/mol. The zero-order chi connectivity index (χ0) is 15.5. The summed E-state index contributed by atoms with van der Waals surface area (Å²) in [6.07, 6.45) is 10.9. The molecule has 4 heteroatoms. The predicted octanol–water partition coefficient (Wildman–Crippen LogP) is 3.65. The number of fused-ring (bicyclic) bond motifs is 1. The van der Waals surface area contributed by atoms with Crippen LogP contribution in [0.15, 0.2) is 23.2 Å². The minimum atomic E-state index is -0.0130. The van der Waals surface area contributed by atoms with Crippen LogP contribution in [0.2, 0.25) is 0 Å². The van der Waals surface area contributed by atoms with Crippen LogP contribution in [-0.2, 0) is 11.3 Å². The zero-order valence-corrected chi connectivity index (χ0v) is 13.7. The Morgan fingerprint density at radius 1 is 1.45 bits per heavy atom. The molecule has 1 aromatic carbocycles. The molecule has 0 saturated heterocycles. The average molecular weight is 312 g/mol. The first-order valence-electron chi connectivity index (χ1n) is 7.78. The van der Waals surface area contributed by atoms with E-state index in [1.807, 2.05) is 4.57 Å². The number of aromatic nitrogens is 1. The molecule has 0 aliphatic heterocycles. The molecule has 114 valence electrons. The summed E-state index contributed by atoms with van der Waals surface area (Å²) < 4.78 is 3.09. The van der Waals surface area contributed by atoms with Crippen molar-refractivity contribution >= 4 is 27.5 Å². The summed E-state index contributed by atoms with van der Waals surface area (Å²) in [6.45, 7) is 2.51. The molecule has 2 aromatic rings. The highest BCUT2D eigenvalue weighted by Gasteiger charge is 2.18. The monoisotopic (exact) mass is 312 g/mol. The van der Waals surface area contributed by atoms with Gasteiger partial charge in [0, 0.05) is 6.42 Å². The predicted molar refractivity (Wildman–Crippen MR) is 90.5 cm³/mol. The van der Waals surface area contributed by atoms with Gasteiger partial charge in [0.15, 0.2) is 4.80 Å². The van der Waals surface area contributed by atoms with Gasteiger partial charge in [0.05, 0.1) is 16.8 Å². The van der Waals surface area contributed by atoms with Crippen molar-refractivity contribution in [1.82, 2.24) is 4.57 Å². The van der Waals surface area contributed by atoms with Gasteiger partial charge in [0.25, 0.3) is 0 Å². The van der Waals surface area contributed by atoms with E-state index in [0.29, 0.717) is 18.9 Å². The van der Waals surface area contributed by atoms with E-state index in [-0.39, 0.29) is 5.91 Å². The molecule has 1 heterocycles. The van der Waals surface area contributed by atoms with E-state index in [2.05, 4.69) is 36.0 Å². The van der Waals surface area contributed by atoms with Crippen molar-refractivity contribution in [2.24, 2.45) is 10.9 Å². The van der Waals surface area contributed by atoms with Crippen LogP contribution >= 0.6 is 11.3 Å². The number of carbonyl (C=O) groups excluding carboxylic acids is 1. The maximum absolute atomic E-state index is 12.2. The largest absolute Gasteiger partial charge is 0.305 e. The van der Waals surface area contributed by atoms with Gasteiger partial charge in [0.2, 0.25) is 5.91 Å². The highest BCUT2D eigenvalue weighted by atomic mass is 32.1. The Balaban J connectivity index is 1.97. The first-order valence-corrected chi connectivity index (χ1v) is 8.60. The Hall–Kier alpha value is -1.86. The van der Waals surface area contributed by atoms with E-state index in [1.54, 1.807) is 11.3 Å². The summed E-state index contributed by atoms with van der Waals surface area (Å²) in [6, 6.07) is 6.23. The Labute approximate surface area is 134 Å². The maximum Gasteiger partial charge on any atom is 0.248 e. The first-order chi connectivity index (χ1) is 10.7. The normalized spacial score (nSPS) is 16.3. The summed E-state index contributed by atoms with van der Waals surface area (Å²) in [5.41, 5.74) is 2.26. The van der Waals surface area contributed by atoms with Gasteiger partial charge in [-0.25, -0.2) is 0 Å². The van der Waals surface area contributed by atoms with Crippen LogP contribution in [0, 0.1) is 25.2 Å². The fourth-order valence-corrected chi connectivity index (χ4v) is 4.27. The summed E-state index contributed by atoms with van der Waals surface area (Å²) >= 11 is 1.54. The number of hydrogen-bond acceptors (Lipinski definition) is 2. The second-order valence-corrected chi connectivity index (χ2v) is 7.02. The lowest BCUT2D eigenvalue weighted by Crippen LogP contribution is -2.17. The molecular formula is C18H20N2OS. The topological polar surface area (TPSA) is 34.4 Å². The summed E-state index contributed by atoms with van der Waals surface area (Å²) in [5.74, 6) is 3.17. The van der Waals surface area contributed by atoms with Crippen LogP contribution in [0.25, 0.3) is 10.2 Å². The Morgan fingerprint density at radius 3 is 2.95 bits per heavy atom.